The van der Waals surface area contributed by atoms with Gasteiger partial charge < -0.3 is 10.4 Å². The summed E-state index contributed by atoms with van der Waals surface area (Å²) >= 11 is 2.05. The summed E-state index contributed by atoms with van der Waals surface area (Å²) in [6.45, 7) is 1.07. The van der Waals surface area contributed by atoms with Crippen molar-refractivity contribution in [2.75, 3.05) is 11.5 Å². The van der Waals surface area contributed by atoms with Crippen LogP contribution in [0.1, 0.15) is 24.0 Å². The first-order valence-corrected chi connectivity index (χ1v) is 7.04. The number of thioether (sulfide) groups is 1. The molecule has 1 aromatic rings. The summed E-state index contributed by atoms with van der Waals surface area (Å²) in [6.07, 6.45) is 2.65. The molecule has 0 amide bonds. The standard InChI is InChI=1S/C13H19NOS/c15-9-12-5-3-11(4-6-12)8-14-13-2-1-7-16-10-13/h3-6,13-15H,1-2,7-10H2. The molecule has 1 unspecified atom stereocenters. The van der Waals surface area contributed by atoms with Gasteiger partial charge in [0.1, 0.15) is 0 Å². The molecule has 1 fully saturated rings. The van der Waals surface area contributed by atoms with E-state index in [0.29, 0.717) is 6.04 Å². The predicted molar refractivity (Wildman–Crippen MR) is 69.6 cm³/mol. The number of rotatable bonds is 4. The lowest BCUT2D eigenvalue weighted by Gasteiger charge is -2.22. The number of hydrogen-bond acceptors (Lipinski definition) is 3. The zero-order chi connectivity index (χ0) is 11.2. The van der Waals surface area contributed by atoms with Crippen LogP contribution in [-0.4, -0.2) is 22.7 Å². The average Bonchev–Trinajstić information content (AvgIpc) is 2.38. The van der Waals surface area contributed by atoms with Gasteiger partial charge in [0, 0.05) is 18.3 Å². The Morgan fingerprint density at radius 2 is 2.00 bits per heavy atom. The van der Waals surface area contributed by atoms with Gasteiger partial charge in [-0.15, -0.1) is 0 Å². The Balaban J connectivity index is 1.79. The summed E-state index contributed by atoms with van der Waals surface area (Å²) < 4.78 is 0. The van der Waals surface area contributed by atoms with Gasteiger partial charge in [-0.05, 0) is 29.7 Å². The average molecular weight is 237 g/mol. The first-order chi connectivity index (χ1) is 7.88. The van der Waals surface area contributed by atoms with E-state index < -0.39 is 0 Å². The van der Waals surface area contributed by atoms with Crippen LogP contribution in [0.3, 0.4) is 0 Å². The third-order valence-electron chi connectivity index (χ3n) is 2.96. The fraction of sp³-hybridized carbons (Fsp3) is 0.538. The Morgan fingerprint density at radius 3 is 2.62 bits per heavy atom. The molecule has 0 aliphatic carbocycles. The van der Waals surface area contributed by atoms with E-state index in [2.05, 4.69) is 17.4 Å². The van der Waals surface area contributed by atoms with Crippen LogP contribution in [0.15, 0.2) is 24.3 Å². The molecular weight excluding hydrogens is 218 g/mol. The second-order valence-electron chi connectivity index (χ2n) is 4.27. The second kappa shape index (κ2) is 6.28. The Morgan fingerprint density at radius 1 is 1.25 bits per heavy atom. The van der Waals surface area contributed by atoms with Gasteiger partial charge in [0.25, 0.3) is 0 Å². The summed E-state index contributed by atoms with van der Waals surface area (Å²) in [6, 6.07) is 8.85. The fourth-order valence-corrected chi connectivity index (χ4v) is 3.03. The van der Waals surface area contributed by atoms with Crippen LogP contribution in [0.2, 0.25) is 0 Å². The maximum Gasteiger partial charge on any atom is 0.0681 e. The molecule has 16 heavy (non-hydrogen) atoms. The minimum atomic E-state index is 0.132. The molecule has 0 aromatic heterocycles. The molecule has 1 heterocycles. The molecule has 88 valence electrons. The van der Waals surface area contributed by atoms with Crippen LogP contribution in [0.25, 0.3) is 0 Å². The van der Waals surface area contributed by atoms with E-state index in [1.807, 2.05) is 23.9 Å². The molecule has 0 spiro atoms. The van der Waals surface area contributed by atoms with Crippen molar-refractivity contribution in [3.05, 3.63) is 35.4 Å². The van der Waals surface area contributed by atoms with E-state index >= 15 is 0 Å². The maximum absolute atomic E-state index is 8.94. The Labute approximate surface area is 101 Å². The van der Waals surface area contributed by atoms with Crippen molar-refractivity contribution in [1.29, 1.82) is 0 Å². The highest BCUT2D eigenvalue weighted by Crippen LogP contribution is 2.17. The van der Waals surface area contributed by atoms with E-state index in [1.165, 1.54) is 29.9 Å². The zero-order valence-corrected chi connectivity index (χ0v) is 10.3. The van der Waals surface area contributed by atoms with Crippen molar-refractivity contribution in [2.24, 2.45) is 0 Å². The third-order valence-corrected chi connectivity index (χ3v) is 4.18. The van der Waals surface area contributed by atoms with Crippen LogP contribution in [0, 0.1) is 0 Å². The van der Waals surface area contributed by atoms with Crippen molar-refractivity contribution >= 4 is 11.8 Å². The SMILES string of the molecule is OCc1ccc(CNC2CCCSC2)cc1. The maximum atomic E-state index is 8.94. The van der Waals surface area contributed by atoms with Crippen molar-refractivity contribution in [2.45, 2.75) is 32.0 Å². The van der Waals surface area contributed by atoms with Crippen LogP contribution in [-0.2, 0) is 13.2 Å². The lowest BCUT2D eigenvalue weighted by molar-refractivity contribution is 0.282. The monoisotopic (exact) mass is 237 g/mol. The highest BCUT2D eigenvalue weighted by Gasteiger charge is 2.12. The van der Waals surface area contributed by atoms with E-state index in [-0.39, 0.29) is 6.61 Å². The predicted octanol–water partition coefficient (Wildman–Crippen LogP) is 2.16. The molecule has 1 aliphatic rings. The minimum absolute atomic E-state index is 0.132. The molecule has 2 rings (SSSR count). The van der Waals surface area contributed by atoms with Gasteiger partial charge in [0.15, 0.2) is 0 Å². The number of nitrogens with one attached hydrogen (secondary N) is 1. The van der Waals surface area contributed by atoms with Crippen LogP contribution >= 0.6 is 11.8 Å². The Hall–Kier alpha value is -0.510. The van der Waals surface area contributed by atoms with Gasteiger partial charge in [-0.1, -0.05) is 24.3 Å². The smallest absolute Gasteiger partial charge is 0.0681 e. The summed E-state index contributed by atoms with van der Waals surface area (Å²) in [7, 11) is 0. The lowest BCUT2D eigenvalue weighted by atomic mass is 10.1. The molecule has 2 nitrogen and oxygen atoms in total. The first-order valence-electron chi connectivity index (χ1n) is 5.88. The number of aliphatic hydroxyl groups excluding tert-OH is 1. The minimum Gasteiger partial charge on any atom is -0.392 e. The first kappa shape index (κ1) is 12.0. The summed E-state index contributed by atoms with van der Waals surface area (Å²) in [5, 5.41) is 12.5. The molecule has 0 saturated carbocycles. The Kier molecular flexibility index (Phi) is 4.69. The number of hydrogen-bond donors (Lipinski definition) is 2. The van der Waals surface area contributed by atoms with Gasteiger partial charge in [-0.3, -0.25) is 0 Å². The summed E-state index contributed by atoms with van der Waals surface area (Å²) in [5.74, 6) is 2.57. The zero-order valence-electron chi connectivity index (χ0n) is 9.48. The van der Waals surface area contributed by atoms with E-state index in [4.69, 9.17) is 5.11 Å². The molecule has 0 radical (unpaired) electrons. The van der Waals surface area contributed by atoms with E-state index in [0.717, 1.165) is 12.1 Å². The van der Waals surface area contributed by atoms with E-state index in [9.17, 15) is 0 Å². The third kappa shape index (κ3) is 3.51. The van der Waals surface area contributed by atoms with Crippen molar-refractivity contribution in [1.82, 2.24) is 5.32 Å². The molecule has 3 heteroatoms. The topological polar surface area (TPSA) is 32.3 Å². The van der Waals surface area contributed by atoms with Gasteiger partial charge in [-0.25, -0.2) is 0 Å². The molecule has 1 aromatic carbocycles. The van der Waals surface area contributed by atoms with E-state index in [1.54, 1.807) is 0 Å². The van der Waals surface area contributed by atoms with Crippen LogP contribution in [0.4, 0.5) is 0 Å². The highest BCUT2D eigenvalue weighted by atomic mass is 32.2. The molecule has 1 atom stereocenters. The van der Waals surface area contributed by atoms with Crippen molar-refractivity contribution in [3.8, 4) is 0 Å². The molecular formula is C13H19NOS. The van der Waals surface area contributed by atoms with Crippen molar-refractivity contribution < 1.29 is 5.11 Å². The lowest BCUT2D eigenvalue weighted by Crippen LogP contribution is -2.33. The molecule has 2 N–H and O–H groups in total. The molecule has 1 aliphatic heterocycles. The quantitative estimate of drug-likeness (QED) is 0.842. The van der Waals surface area contributed by atoms with Gasteiger partial charge in [0.2, 0.25) is 0 Å². The van der Waals surface area contributed by atoms with Gasteiger partial charge in [-0.2, -0.15) is 11.8 Å². The second-order valence-corrected chi connectivity index (χ2v) is 5.42. The summed E-state index contributed by atoms with van der Waals surface area (Å²) in [4.78, 5) is 0. The molecule has 1 saturated heterocycles. The highest BCUT2D eigenvalue weighted by molar-refractivity contribution is 7.99. The summed E-state index contributed by atoms with van der Waals surface area (Å²) in [5.41, 5.74) is 2.28. The normalized spacial score (nSPS) is 20.9. The van der Waals surface area contributed by atoms with Crippen molar-refractivity contribution in [3.63, 3.8) is 0 Å². The largest absolute Gasteiger partial charge is 0.392 e. The van der Waals surface area contributed by atoms with Gasteiger partial charge >= 0.3 is 0 Å². The fourth-order valence-electron chi connectivity index (χ4n) is 1.93. The number of aliphatic hydroxyl groups is 1. The number of benzene rings is 1. The Bertz CT molecular complexity index is 306. The molecule has 0 bridgehead atoms. The van der Waals surface area contributed by atoms with Gasteiger partial charge in [0.05, 0.1) is 6.61 Å². The van der Waals surface area contributed by atoms with Crippen LogP contribution < -0.4 is 5.32 Å². The van der Waals surface area contributed by atoms with Crippen LogP contribution in [0.5, 0.6) is 0 Å².